The Hall–Kier alpha value is -3.05. The van der Waals surface area contributed by atoms with E-state index in [-0.39, 0.29) is 39.0 Å². The highest BCUT2D eigenvalue weighted by Gasteiger charge is 2.23. The van der Waals surface area contributed by atoms with Gasteiger partial charge in [0.05, 0.1) is 19.9 Å². The lowest BCUT2D eigenvalue weighted by molar-refractivity contribution is -0.118. The zero-order valence-electron chi connectivity index (χ0n) is 16.6. The first kappa shape index (κ1) is 24.6. The number of carbonyl (C=O) groups is 2. The number of amides is 2. The van der Waals surface area contributed by atoms with Crippen LogP contribution in [0.25, 0.3) is 17.2 Å². The van der Waals surface area contributed by atoms with E-state index in [1.54, 1.807) is 0 Å². The van der Waals surface area contributed by atoms with Gasteiger partial charge in [-0.25, -0.2) is 27.4 Å². The fourth-order valence-corrected chi connectivity index (χ4v) is 4.59. The minimum atomic E-state index is -3.20. The summed E-state index contributed by atoms with van der Waals surface area (Å²) in [5.74, 6) is -2.35. The molecule has 3 rings (SSSR count). The van der Waals surface area contributed by atoms with Crippen LogP contribution in [-0.4, -0.2) is 65.7 Å². The summed E-state index contributed by atoms with van der Waals surface area (Å²) in [5.41, 5.74) is 0.333. The maximum Gasteiger partial charge on any atom is 0.446 e. The van der Waals surface area contributed by atoms with Gasteiger partial charge in [-0.1, -0.05) is 16.9 Å². The average Bonchev–Trinajstić information content (AvgIpc) is 3.32. The van der Waals surface area contributed by atoms with E-state index in [0.717, 1.165) is 28.7 Å². The van der Waals surface area contributed by atoms with E-state index in [0.29, 0.717) is 0 Å². The lowest BCUT2D eigenvalue weighted by Crippen LogP contribution is -2.31. The predicted molar refractivity (Wildman–Crippen MR) is 116 cm³/mol. The molecule has 0 bridgehead atoms. The Morgan fingerprint density at radius 1 is 1.36 bits per heavy atom. The van der Waals surface area contributed by atoms with Gasteiger partial charge < -0.3 is 10.4 Å². The Balaban J connectivity index is 1.69. The van der Waals surface area contributed by atoms with E-state index < -0.39 is 39.1 Å². The monoisotopic (exact) mass is 564 g/mol. The molecule has 3 aromatic rings. The van der Waals surface area contributed by atoms with Crippen LogP contribution in [0.4, 0.5) is 9.18 Å². The molecule has 0 aliphatic carbocycles. The Morgan fingerprint density at radius 2 is 2.12 bits per heavy atom. The molecule has 2 aromatic heterocycles. The van der Waals surface area contributed by atoms with E-state index in [9.17, 15) is 23.0 Å². The number of benzene rings is 1. The maximum absolute atomic E-state index is 13.6. The number of carboxylic acid groups (broad SMARTS) is 1. The number of carbonyl (C=O) groups excluding carboxylic acids is 1. The number of hydrogen-bond donors (Lipinski definition) is 2. The van der Waals surface area contributed by atoms with Crippen LogP contribution in [0.5, 0.6) is 0 Å². The lowest BCUT2D eigenvalue weighted by Gasteiger charge is -2.06. The molecule has 2 amide bonds. The zero-order valence-corrected chi connectivity index (χ0v) is 19.8. The molecule has 17 heteroatoms. The van der Waals surface area contributed by atoms with Gasteiger partial charge in [0.15, 0.2) is 10.7 Å². The minimum absolute atomic E-state index is 0.0349. The van der Waals surface area contributed by atoms with Crippen molar-refractivity contribution in [1.29, 1.82) is 0 Å². The summed E-state index contributed by atoms with van der Waals surface area (Å²) in [6.45, 7) is 0.106. The van der Waals surface area contributed by atoms with Crippen molar-refractivity contribution in [2.75, 3.05) is 24.3 Å². The molecule has 2 heterocycles. The molecule has 0 radical (unpaired) electrons. The molecule has 176 valence electrons. The van der Waals surface area contributed by atoms with E-state index in [1.165, 1.54) is 12.1 Å². The van der Waals surface area contributed by atoms with Crippen molar-refractivity contribution >= 4 is 49.4 Å². The van der Waals surface area contributed by atoms with Gasteiger partial charge in [-0.3, -0.25) is 9.32 Å². The first-order chi connectivity index (χ1) is 15.6. The standard InChI is InChI=1S/C16H14BrFN6O7S2/c1-33(29,23-15(26)27)7-11(25)19-4-5-32-14-12(20-31-22-14)13-21-30-16(28)24(13)8-2-3-10(18)9(17)6-8/h2-3,6H,4-5,7H2,1H3,(H,19,25)(H,26,27). The molecule has 1 atom stereocenters. The van der Waals surface area contributed by atoms with Crippen molar-refractivity contribution in [2.24, 2.45) is 4.36 Å². The van der Waals surface area contributed by atoms with Crippen molar-refractivity contribution < 1.29 is 32.4 Å². The van der Waals surface area contributed by atoms with E-state index in [1.807, 2.05) is 0 Å². The highest BCUT2D eigenvalue weighted by molar-refractivity contribution is 9.10. The largest absolute Gasteiger partial charge is 0.463 e. The van der Waals surface area contributed by atoms with Crippen LogP contribution in [-0.2, 0) is 14.5 Å². The molecule has 0 aliphatic rings. The first-order valence-corrected chi connectivity index (χ1v) is 12.6. The zero-order chi connectivity index (χ0) is 24.2. The third-order valence-electron chi connectivity index (χ3n) is 3.77. The predicted octanol–water partition coefficient (Wildman–Crippen LogP) is 1.76. The summed E-state index contributed by atoms with van der Waals surface area (Å²) in [7, 11) is -3.20. The van der Waals surface area contributed by atoms with E-state index in [4.69, 9.17) is 14.3 Å². The van der Waals surface area contributed by atoms with Gasteiger partial charge >= 0.3 is 11.8 Å². The molecule has 0 saturated carbocycles. The normalized spacial score (nSPS) is 12.8. The summed E-state index contributed by atoms with van der Waals surface area (Å²) in [4.78, 5) is 34.6. The van der Waals surface area contributed by atoms with Gasteiger partial charge in [0.1, 0.15) is 11.6 Å². The Bertz CT molecular complexity index is 1380. The number of thioether (sulfide) groups is 1. The number of hydrogen-bond acceptors (Lipinski definition) is 10. The molecular weight excluding hydrogens is 551 g/mol. The van der Waals surface area contributed by atoms with Crippen molar-refractivity contribution in [1.82, 2.24) is 25.4 Å². The van der Waals surface area contributed by atoms with Crippen molar-refractivity contribution in [3.63, 3.8) is 0 Å². The molecule has 33 heavy (non-hydrogen) atoms. The molecule has 13 nitrogen and oxygen atoms in total. The Labute approximate surface area is 197 Å². The number of rotatable bonds is 8. The Kier molecular flexibility index (Phi) is 7.65. The summed E-state index contributed by atoms with van der Waals surface area (Å²) >= 11 is 4.15. The quantitative estimate of drug-likeness (QED) is 0.300. The maximum atomic E-state index is 13.6. The number of nitrogens with zero attached hydrogens (tertiary/aromatic N) is 5. The van der Waals surface area contributed by atoms with Gasteiger partial charge in [-0.15, -0.1) is 4.36 Å². The third kappa shape index (κ3) is 6.26. The summed E-state index contributed by atoms with van der Waals surface area (Å²) < 4.78 is 39.1. The molecule has 0 fully saturated rings. The van der Waals surface area contributed by atoms with E-state index in [2.05, 4.69) is 41.1 Å². The van der Waals surface area contributed by atoms with Crippen molar-refractivity contribution in [3.05, 3.63) is 39.0 Å². The molecule has 2 N–H and O–H groups in total. The third-order valence-corrected chi connectivity index (χ3v) is 6.67. The minimum Gasteiger partial charge on any atom is -0.463 e. The van der Waals surface area contributed by atoms with Crippen molar-refractivity contribution in [3.8, 4) is 17.2 Å². The lowest BCUT2D eigenvalue weighted by atomic mass is 10.3. The SMILES string of the molecule is CS(=O)(CC(=O)NCCSc1nonc1-c1noc(=O)n1-c1ccc(F)c(Br)c1)=NC(=O)O. The molecule has 0 aliphatic heterocycles. The van der Waals surface area contributed by atoms with Crippen LogP contribution < -0.4 is 11.1 Å². The van der Waals surface area contributed by atoms with Gasteiger partial charge in [-0.05, 0) is 44.4 Å². The highest BCUT2D eigenvalue weighted by Crippen LogP contribution is 2.28. The first-order valence-electron chi connectivity index (χ1n) is 8.77. The van der Waals surface area contributed by atoms with Gasteiger partial charge in [0.25, 0.3) is 0 Å². The average molecular weight is 565 g/mol. The van der Waals surface area contributed by atoms with Crippen LogP contribution in [0.3, 0.4) is 0 Å². The van der Waals surface area contributed by atoms with Crippen LogP contribution >= 0.6 is 27.7 Å². The Morgan fingerprint density at radius 3 is 2.82 bits per heavy atom. The second-order valence-electron chi connectivity index (χ2n) is 6.30. The number of halogens is 2. The summed E-state index contributed by atoms with van der Waals surface area (Å²) in [5, 5.41) is 22.5. The van der Waals surface area contributed by atoms with E-state index >= 15 is 0 Å². The van der Waals surface area contributed by atoms with Gasteiger partial charge in [-0.2, -0.15) is 0 Å². The molecule has 1 unspecified atom stereocenters. The second kappa shape index (κ2) is 10.3. The summed E-state index contributed by atoms with van der Waals surface area (Å²) in [6, 6.07) is 3.86. The number of aromatic nitrogens is 4. The summed E-state index contributed by atoms with van der Waals surface area (Å²) in [6.07, 6.45) is -0.545. The molecule has 0 spiro atoms. The van der Waals surface area contributed by atoms with Gasteiger partial charge in [0, 0.05) is 18.6 Å². The van der Waals surface area contributed by atoms with Crippen LogP contribution in [0, 0.1) is 5.82 Å². The van der Waals surface area contributed by atoms with Crippen LogP contribution in [0.1, 0.15) is 0 Å². The van der Waals surface area contributed by atoms with Gasteiger partial charge in [0.2, 0.25) is 11.7 Å². The fourth-order valence-electron chi connectivity index (χ4n) is 2.49. The fraction of sp³-hybridized carbons (Fsp3) is 0.250. The molecule has 0 saturated heterocycles. The van der Waals surface area contributed by atoms with Crippen molar-refractivity contribution in [2.45, 2.75) is 5.03 Å². The van der Waals surface area contributed by atoms with Crippen LogP contribution in [0.15, 0.2) is 46.0 Å². The second-order valence-corrected chi connectivity index (χ2v) is 10.6. The smallest absolute Gasteiger partial charge is 0.446 e. The molecule has 1 aromatic carbocycles. The topological polar surface area (TPSA) is 183 Å². The molecular formula is C16H14BrFN6O7S2. The van der Waals surface area contributed by atoms with Crippen LogP contribution in [0.2, 0.25) is 0 Å². The highest BCUT2D eigenvalue weighted by atomic mass is 79.9. The number of nitrogens with one attached hydrogen (secondary N) is 1.